The summed E-state index contributed by atoms with van der Waals surface area (Å²) < 4.78 is 5.00. The van der Waals surface area contributed by atoms with Crippen molar-refractivity contribution in [2.24, 2.45) is 5.92 Å². The van der Waals surface area contributed by atoms with Crippen molar-refractivity contribution in [1.29, 1.82) is 0 Å². The van der Waals surface area contributed by atoms with Crippen molar-refractivity contribution in [3.05, 3.63) is 0 Å². The number of rotatable bonds is 4. The van der Waals surface area contributed by atoms with E-state index in [1.165, 1.54) is 0 Å². The Morgan fingerprint density at radius 3 is 2.25 bits per heavy atom. The third kappa shape index (κ3) is 3.38. The predicted octanol–water partition coefficient (Wildman–Crippen LogP) is -1.97. The van der Waals surface area contributed by atoms with E-state index >= 15 is 0 Å². The molecule has 0 aromatic carbocycles. The summed E-state index contributed by atoms with van der Waals surface area (Å²) in [5.41, 5.74) is 0. The van der Waals surface area contributed by atoms with E-state index in [-0.39, 0.29) is 0 Å². The number of hydrogen-bond acceptors (Lipinski definition) is 6. The van der Waals surface area contributed by atoms with Crippen LogP contribution in [0.5, 0.6) is 0 Å². The van der Waals surface area contributed by atoms with Crippen LogP contribution in [-0.2, 0) is 4.74 Å². The van der Waals surface area contributed by atoms with Gasteiger partial charge in [-0.25, -0.2) is 0 Å². The van der Waals surface area contributed by atoms with E-state index < -0.39 is 30.7 Å². The molecule has 0 spiro atoms. The summed E-state index contributed by atoms with van der Waals surface area (Å²) in [6.07, 6.45) is -6.21. The van der Waals surface area contributed by atoms with Crippen LogP contribution in [-0.4, -0.2) is 64.2 Å². The molecule has 5 atom stereocenters. The fourth-order valence-corrected chi connectivity index (χ4v) is 1.61. The Morgan fingerprint density at radius 2 is 1.69 bits per heavy atom. The smallest absolute Gasteiger partial charge is 0.184 e. The Hall–Kier alpha value is -0.240. The molecule has 5 N–H and O–H groups in total. The third-order valence-corrected chi connectivity index (χ3v) is 2.59. The first kappa shape index (κ1) is 13.8. The van der Waals surface area contributed by atoms with Crippen molar-refractivity contribution >= 4 is 0 Å². The molecule has 0 aromatic rings. The summed E-state index contributed by atoms with van der Waals surface area (Å²) >= 11 is 0. The third-order valence-electron chi connectivity index (χ3n) is 2.59. The zero-order valence-electron chi connectivity index (χ0n) is 9.58. The van der Waals surface area contributed by atoms with Gasteiger partial charge >= 0.3 is 0 Å². The van der Waals surface area contributed by atoms with Gasteiger partial charge in [-0.2, -0.15) is 0 Å². The molecule has 6 heteroatoms. The monoisotopic (exact) mass is 235 g/mol. The van der Waals surface area contributed by atoms with E-state index in [4.69, 9.17) is 4.74 Å². The number of aliphatic hydroxyl groups is 4. The van der Waals surface area contributed by atoms with E-state index in [1.54, 1.807) is 0 Å². The molecule has 96 valence electrons. The quantitative estimate of drug-likeness (QED) is 0.387. The molecular weight excluding hydrogens is 214 g/mol. The van der Waals surface area contributed by atoms with Gasteiger partial charge in [0.2, 0.25) is 0 Å². The lowest BCUT2D eigenvalue weighted by Gasteiger charge is -2.38. The first-order valence-electron chi connectivity index (χ1n) is 5.52. The Balaban J connectivity index is 2.41. The summed E-state index contributed by atoms with van der Waals surface area (Å²) in [5, 5.41) is 40.6. The minimum absolute atomic E-state index is 0.320. The number of hydrogen-bond donors (Lipinski definition) is 5. The highest BCUT2D eigenvalue weighted by molar-refractivity contribution is 4.89. The molecule has 0 amide bonds. The maximum Gasteiger partial charge on any atom is 0.184 e. The second-order valence-corrected chi connectivity index (χ2v) is 4.59. The molecule has 0 bridgehead atoms. The van der Waals surface area contributed by atoms with Crippen LogP contribution in [0.4, 0.5) is 0 Å². The zero-order valence-corrected chi connectivity index (χ0v) is 9.58. The van der Waals surface area contributed by atoms with Crippen LogP contribution in [0.3, 0.4) is 0 Å². The van der Waals surface area contributed by atoms with Crippen molar-refractivity contribution in [3.8, 4) is 0 Å². The van der Waals surface area contributed by atoms with Gasteiger partial charge in [0.05, 0.1) is 0 Å². The molecule has 1 heterocycles. The normalized spacial score (nSPS) is 40.3. The van der Waals surface area contributed by atoms with Crippen molar-refractivity contribution in [2.45, 2.75) is 44.6 Å². The van der Waals surface area contributed by atoms with Gasteiger partial charge in [0, 0.05) is 6.54 Å². The molecule has 0 aliphatic carbocycles. The molecule has 1 aliphatic rings. The molecule has 0 unspecified atom stereocenters. The first-order chi connectivity index (χ1) is 7.43. The molecule has 16 heavy (non-hydrogen) atoms. The largest absolute Gasteiger partial charge is 0.388 e. The van der Waals surface area contributed by atoms with Crippen molar-refractivity contribution in [3.63, 3.8) is 0 Å². The van der Waals surface area contributed by atoms with E-state index in [0.29, 0.717) is 12.5 Å². The minimum atomic E-state index is -1.46. The highest BCUT2D eigenvalue weighted by Gasteiger charge is 2.42. The fourth-order valence-electron chi connectivity index (χ4n) is 1.61. The van der Waals surface area contributed by atoms with Crippen LogP contribution < -0.4 is 5.32 Å². The average Bonchev–Trinajstić information content (AvgIpc) is 2.22. The topological polar surface area (TPSA) is 102 Å². The van der Waals surface area contributed by atoms with Crippen LogP contribution in [0.1, 0.15) is 13.8 Å². The molecule has 6 nitrogen and oxygen atoms in total. The summed E-state index contributed by atoms with van der Waals surface area (Å²) in [6, 6.07) is 0. The Bertz CT molecular complexity index is 213. The Morgan fingerprint density at radius 1 is 1.06 bits per heavy atom. The SMILES string of the molecule is CC(C)CNC[C@@H]1O[C@@H](O)[C@@H](O)[C@H](O)[C@@H]1O. The highest BCUT2D eigenvalue weighted by Crippen LogP contribution is 2.19. The van der Waals surface area contributed by atoms with E-state index in [0.717, 1.165) is 6.54 Å². The molecule has 0 aromatic heterocycles. The summed E-state index contributed by atoms with van der Waals surface area (Å²) in [5.74, 6) is 0.459. The summed E-state index contributed by atoms with van der Waals surface area (Å²) in [6.45, 7) is 5.15. The maximum atomic E-state index is 9.60. The van der Waals surface area contributed by atoms with Crippen molar-refractivity contribution in [1.82, 2.24) is 5.32 Å². The predicted molar refractivity (Wildman–Crippen MR) is 56.6 cm³/mol. The van der Waals surface area contributed by atoms with Gasteiger partial charge in [-0.05, 0) is 12.5 Å². The molecule has 1 aliphatic heterocycles. The van der Waals surface area contributed by atoms with Crippen molar-refractivity contribution < 1.29 is 25.2 Å². The zero-order chi connectivity index (χ0) is 12.3. The van der Waals surface area contributed by atoms with Crippen LogP contribution >= 0.6 is 0 Å². The minimum Gasteiger partial charge on any atom is -0.388 e. The molecule has 0 radical (unpaired) electrons. The first-order valence-corrected chi connectivity index (χ1v) is 5.52. The lowest BCUT2D eigenvalue weighted by Crippen LogP contribution is -2.59. The van der Waals surface area contributed by atoms with Crippen LogP contribution in [0, 0.1) is 5.92 Å². The van der Waals surface area contributed by atoms with Crippen LogP contribution in [0.15, 0.2) is 0 Å². The fraction of sp³-hybridized carbons (Fsp3) is 1.00. The number of ether oxygens (including phenoxy) is 1. The van der Waals surface area contributed by atoms with Gasteiger partial charge in [0.25, 0.3) is 0 Å². The van der Waals surface area contributed by atoms with Gasteiger partial charge in [0.15, 0.2) is 6.29 Å². The lowest BCUT2D eigenvalue weighted by molar-refractivity contribution is -0.280. The molecule has 1 saturated heterocycles. The lowest BCUT2D eigenvalue weighted by atomic mass is 9.99. The maximum absolute atomic E-state index is 9.60. The van der Waals surface area contributed by atoms with Crippen LogP contribution in [0.25, 0.3) is 0 Å². The van der Waals surface area contributed by atoms with Crippen molar-refractivity contribution in [2.75, 3.05) is 13.1 Å². The van der Waals surface area contributed by atoms with Crippen LogP contribution in [0.2, 0.25) is 0 Å². The second kappa shape index (κ2) is 5.90. The van der Waals surface area contributed by atoms with Gasteiger partial charge in [-0.15, -0.1) is 0 Å². The Kier molecular flexibility index (Phi) is 5.10. The van der Waals surface area contributed by atoms with E-state index in [2.05, 4.69) is 5.32 Å². The van der Waals surface area contributed by atoms with E-state index in [1.807, 2.05) is 13.8 Å². The van der Waals surface area contributed by atoms with Gasteiger partial charge in [-0.3, -0.25) is 0 Å². The molecule has 0 saturated carbocycles. The average molecular weight is 235 g/mol. The molecule has 1 fully saturated rings. The second-order valence-electron chi connectivity index (χ2n) is 4.59. The molecule has 1 rings (SSSR count). The van der Waals surface area contributed by atoms with Gasteiger partial charge in [0.1, 0.15) is 24.4 Å². The van der Waals surface area contributed by atoms with E-state index in [9.17, 15) is 20.4 Å². The number of aliphatic hydroxyl groups excluding tert-OH is 4. The standard InChI is InChI=1S/C10H21NO5/c1-5(2)3-11-4-6-7(12)8(13)9(14)10(15)16-6/h5-15H,3-4H2,1-2H3/t6-,7+,8+,9-,10+/m0/s1. The number of nitrogens with one attached hydrogen (secondary N) is 1. The highest BCUT2D eigenvalue weighted by atomic mass is 16.6. The Labute approximate surface area is 94.9 Å². The van der Waals surface area contributed by atoms with Gasteiger partial charge in [-0.1, -0.05) is 13.8 Å². The summed E-state index contributed by atoms with van der Waals surface area (Å²) in [7, 11) is 0. The molecular formula is C10H21NO5. The van der Waals surface area contributed by atoms with Gasteiger partial charge < -0.3 is 30.5 Å². The summed E-state index contributed by atoms with van der Waals surface area (Å²) in [4.78, 5) is 0.